The van der Waals surface area contributed by atoms with Gasteiger partial charge in [-0.1, -0.05) is 48.9 Å². The normalized spacial score (nSPS) is 24.5. The third-order valence-corrected chi connectivity index (χ3v) is 7.92. The first-order valence-corrected chi connectivity index (χ1v) is 12.4. The highest BCUT2D eigenvalue weighted by molar-refractivity contribution is 6.30. The molecular formula is C27H34Cl2N2O. The Labute approximate surface area is 203 Å². The van der Waals surface area contributed by atoms with Crippen molar-refractivity contribution < 1.29 is 4.79 Å². The predicted octanol–water partition coefficient (Wildman–Crippen LogP) is 6.02. The van der Waals surface area contributed by atoms with Crippen LogP contribution in [0, 0.1) is 5.92 Å². The average Bonchev–Trinajstić information content (AvgIpc) is 3.31. The summed E-state index contributed by atoms with van der Waals surface area (Å²) in [5.74, 6) is 0.862. The van der Waals surface area contributed by atoms with Gasteiger partial charge in [0.1, 0.15) is 0 Å². The molecule has 5 rings (SSSR count). The lowest BCUT2D eigenvalue weighted by molar-refractivity contribution is 0.0455. The number of halogens is 2. The molecule has 1 amide bonds. The summed E-state index contributed by atoms with van der Waals surface area (Å²) in [6, 6.07) is 17.8. The van der Waals surface area contributed by atoms with E-state index in [-0.39, 0.29) is 18.3 Å². The molecule has 0 saturated carbocycles. The second kappa shape index (κ2) is 10.2. The van der Waals surface area contributed by atoms with Crippen LogP contribution in [0.15, 0.2) is 48.5 Å². The number of benzene rings is 2. The zero-order chi connectivity index (χ0) is 21.4. The Kier molecular flexibility index (Phi) is 7.49. The summed E-state index contributed by atoms with van der Waals surface area (Å²) >= 11 is 6.15. The molecule has 2 atom stereocenters. The molecule has 3 nitrogen and oxygen atoms in total. The van der Waals surface area contributed by atoms with E-state index < -0.39 is 0 Å². The number of nitrogens with zero attached hydrogens (tertiary/aromatic N) is 2. The van der Waals surface area contributed by atoms with E-state index in [1.54, 1.807) is 0 Å². The summed E-state index contributed by atoms with van der Waals surface area (Å²) in [7, 11) is 0. The van der Waals surface area contributed by atoms with E-state index >= 15 is 0 Å². The lowest BCUT2D eigenvalue weighted by Gasteiger charge is -2.41. The average molecular weight is 473 g/mol. The van der Waals surface area contributed by atoms with Crippen LogP contribution in [-0.2, 0) is 12.8 Å². The summed E-state index contributed by atoms with van der Waals surface area (Å²) in [4.78, 5) is 18.2. The molecule has 2 fully saturated rings. The zero-order valence-corrected chi connectivity index (χ0v) is 20.5. The van der Waals surface area contributed by atoms with Crippen LogP contribution >= 0.6 is 24.0 Å². The van der Waals surface area contributed by atoms with Gasteiger partial charge in [-0.2, -0.15) is 0 Å². The van der Waals surface area contributed by atoms with E-state index in [0.29, 0.717) is 29.1 Å². The van der Waals surface area contributed by atoms with Crippen LogP contribution in [-0.4, -0.2) is 46.9 Å². The molecule has 3 aliphatic rings. The molecule has 2 aromatic rings. The second-order valence-corrected chi connectivity index (χ2v) is 10.2. The van der Waals surface area contributed by atoms with Crippen LogP contribution in [0.25, 0.3) is 0 Å². The van der Waals surface area contributed by atoms with Gasteiger partial charge in [0.15, 0.2) is 0 Å². The predicted molar refractivity (Wildman–Crippen MR) is 134 cm³/mol. The first-order valence-electron chi connectivity index (χ1n) is 12.0. The maximum Gasteiger partial charge on any atom is 0.254 e. The van der Waals surface area contributed by atoms with E-state index in [9.17, 15) is 4.79 Å². The second-order valence-electron chi connectivity index (χ2n) is 9.77. The number of piperidine rings is 1. The topological polar surface area (TPSA) is 23.6 Å². The Bertz CT molecular complexity index is 910. The number of carbonyl (C=O) groups is 1. The maximum absolute atomic E-state index is 13.2. The molecule has 0 aromatic heterocycles. The smallest absolute Gasteiger partial charge is 0.254 e. The Hall–Kier alpha value is -1.55. The monoisotopic (exact) mass is 472 g/mol. The highest BCUT2D eigenvalue weighted by Crippen LogP contribution is 2.40. The van der Waals surface area contributed by atoms with Gasteiger partial charge >= 0.3 is 0 Å². The minimum atomic E-state index is 0. The number of fused-ring (bicyclic) bond motifs is 3. The first kappa shape index (κ1) is 23.6. The van der Waals surface area contributed by atoms with Crippen molar-refractivity contribution in [2.24, 2.45) is 5.92 Å². The van der Waals surface area contributed by atoms with Gasteiger partial charge in [-0.25, -0.2) is 0 Å². The standard InChI is InChI=1S/C27H33ClN2O.ClH/c1-2-12-29(26-16-20-6-3-4-7-21(20)17-26)18-19-13-24-10-11-25(14-19)30(24)27(31)22-8-5-9-23(28)15-22;/h3-9,15,19,24-26H,2,10-14,16-18H2,1H3;1H. The van der Waals surface area contributed by atoms with E-state index in [4.69, 9.17) is 11.6 Å². The van der Waals surface area contributed by atoms with E-state index in [1.807, 2.05) is 24.3 Å². The van der Waals surface area contributed by atoms with Crippen molar-refractivity contribution in [3.8, 4) is 0 Å². The van der Waals surface area contributed by atoms with Crippen LogP contribution in [0.5, 0.6) is 0 Å². The van der Waals surface area contributed by atoms with Gasteiger partial charge in [0.05, 0.1) is 0 Å². The fraction of sp³-hybridized carbons (Fsp3) is 0.519. The van der Waals surface area contributed by atoms with Crippen LogP contribution in [0.3, 0.4) is 0 Å². The minimum Gasteiger partial charge on any atom is -0.333 e. The minimum absolute atomic E-state index is 0. The third-order valence-electron chi connectivity index (χ3n) is 7.69. The summed E-state index contributed by atoms with van der Waals surface area (Å²) in [6.45, 7) is 4.65. The van der Waals surface area contributed by atoms with Gasteiger partial charge in [0.25, 0.3) is 5.91 Å². The van der Waals surface area contributed by atoms with Crippen molar-refractivity contribution in [3.63, 3.8) is 0 Å². The van der Waals surface area contributed by atoms with E-state index in [1.165, 1.54) is 43.5 Å². The molecule has 0 radical (unpaired) electrons. The lowest BCUT2D eigenvalue weighted by Crippen LogP contribution is -2.49. The van der Waals surface area contributed by atoms with Crippen LogP contribution in [0.1, 0.15) is 60.5 Å². The molecule has 2 aromatic carbocycles. The van der Waals surface area contributed by atoms with Crippen molar-refractivity contribution >= 4 is 29.9 Å². The molecule has 32 heavy (non-hydrogen) atoms. The fourth-order valence-corrected chi connectivity index (χ4v) is 6.57. The van der Waals surface area contributed by atoms with Gasteiger partial charge in [-0.15, -0.1) is 12.4 Å². The molecule has 172 valence electrons. The zero-order valence-electron chi connectivity index (χ0n) is 18.9. The molecule has 2 saturated heterocycles. The van der Waals surface area contributed by atoms with Crippen molar-refractivity contribution in [2.45, 2.75) is 70.0 Å². The summed E-state index contributed by atoms with van der Waals surface area (Å²) in [5.41, 5.74) is 3.81. The van der Waals surface area contributed by atoms with Gasteiger partial charge in [-0.3, -0.25) is 9.69 Å². The van der Waals surface area contributed by atoms with Crippen LogP contribution in [0.4, 0.5) is 0 Å². The van der Waals surface area contributed by atoms with Gasteiger partial charge < -0.3 is 4.90 Å². The molecule has 0 N–H and O–H groups in total. The number of hydrogen-bond acceptors (Lipinski definition) is 2. The van der Waals surface area contributed by atoms with Gasteiger partial charge in [-0.05, 0) is 86.7 Å². The van der Waals surface area contributed by atoms with Crippen LogP contribution < -0.4 is 0 Å². The number of carbonyl (C=O) groups excluding carboxylic acids is 1. The first-order chi connectivity index (χ1) is 15.1. The Morgan fingerprint density at radius 1 is 1.03 bits per heavy atom. The van der Waals surface area contributed by atoms with Crippen molar-refractivity contribution in [1.82, 2.24) is 9.80 Å². The van der Waals surface area contributed by atoms with E-state index in [0.717, 1.165) is 31.2 Å². The molecule has 0 spiro atoms. The van der Waals surface area contributed by atoms with Crippen molar-refractivity contribution in [2.75, 3.05) is 13.1 Å². The summed E-state index contributed by atoms with van der Waals surface area (Å²) in [6.07, 6.45) is 8.16. The van der Waals surface area contributed by atoms with E-state index in [2.05, 4.69) is 41.0 Å². The lowest BCUT2D eigenvalue weighted by atomic mass is 9.89. The van der Waals surface area contributed by atoms with Crippen LogP contribution in [0.2, 0.25) is 5.02 Å². The largest absolute Gasteiger partial charge is 0.333 e. The number of hydrogen-bond donors (Lipinski definition) is 0. The number of amides is 1. The Morgan fingerprint density at radius 3 is 2.28 bits per heavy atom. The summed E-state index contributed by atoms with van der Waals surface area (Å²) < 4.78 is 0. The Morgan fingerprint density at radius 2 is 1.69 bits per heavy atom. The van der Waals surface area contributed by atoms with Crippen molar-refractivity contribution in [1.29, 1.82) is 0 Å². The van der Waals surface area contributed by atoms with Crippen molar-refractivity contribution in [3.05, 3.63) is 70.2 Å². The molecule has 1 aliphatic carbocycles. The molecule has 2 aliphatic heterocycles. The van der Waals surface area contributed by atoms with Gasteiger partial charge in [0.2, 0.25) is 0 Å². The highest BCUT2D eigenvalue weighted by Gasteiger charge is 2.44. The summed E-state index contributed by atoms with van der Waals surface area (Å²) in [5, 5.41) is 0.640. The highest BCUT2D eigenvalue weighted by atomic mass is 35.5. The van der Waals surface area contributed by atoms with Gasteiger partial charge in [0, 0.05) is 35.3 Å². The Balaban J connectivity index is 0.00000245. The quantitative estimate of drug-likeness (QED) is 0.512. The molecule has 2 heterocycles. The third kappa shape index (κ3) is 4.71. The fourth-order valence-electron chi connectivity index (χ4n) is 6.38. The SMILES string of the molecule is CCCN(CC1CC2CCC(C1)N2C(=O)c1cccc(Cl)c1)C1Cc2ccccc2C1.Cl. The number of rotatable bonds is 6. The molecular weight excluding hydrogens is 439 g/mol. The molecule has 2 unspecified atom stereocenters. The molecule has 2 bridgehead atoms. The molecule has 5 heteroatoms. The maximum atomic E-state index is 13.2.